The van der Waals surface area contributed by atoms with Crippen molar-refractivity contribution in [2.75, 3.05) is 0 Å². The highest BCUT2D eigenvalue weighted by atomic mass is 14.9. The largest absolute Gasteiger partial charge is 0.240 e. The van der Waals surface area contributed by atoms with Gasteiger partial charge in [-0.3, -0.25) is 0 Å². The first-order valence-electron chi connectivity index (χ1n) is 11.3. The Labute approximate surface area is 184 Å². The normalized spacial score (nSPS) is 14.5. The third-order valence-electron chi connectivity index (χ3n) is 6.90. The molecule has 2 aromatic carbocycles. The number of aromatic nitrogens is 3. The Hall–Kier alpha value is -3.07. The third kappa shape index (κ3) is 3.52. The number of rotatable bonds is 3. The van der Waals surface area contributed by atoms with E-state index in [0.29, 0.717) is 5.92 Å². The van der Waals surface area contributed by atoms with Gasteiger partial charge in [-0.15, -0.1) is 0 Å². The molecule has 0 bridgehead atoms. The average Bonchev–Trinajstić information content (AvgIpc) is 3.31. The number of aryl methyl sites for hydroxylation is 3. The lowest BCUT2D eigenvalue weighted by Crippen LogP contribution is -2.31. The Morgan fingerprint density at radius 3 is 2.39 bits per heavy atom. The summed E-state index contributed by atoms with van der Waals surface area (Å²) in [5.74, 6) is 1.54. The van der Waals surface area contributed by atoms with Crippen molar-refractivity contribution in [2.24, 2.45) is 7.05 Å². The molecule has 31 heavy (non-hydrogen) atoms. The average molecular weight is 409 g/mol. The van der Waals surface area contributed by atoms with E-state index in [-0.39, 0.29) is 0 Å². The predicted octanol–water partition coefficient (Wildman–Crippen LogP) is 6.37. The maximum Gasteiger partial charge on any atom is 0.221 e. The van der Waals surface area contributed by atoms with E-state index in [1.165, 1.54) is 70.0 Å². The fourth-order valence-electron chi connectivity index (χ4n) is 5.18. The molecule has 156 valence electrons. The van der Waals surface area contributed by atoms with Gasteiger partial charge < -0.3 is 0 Å². The van der Waals surface area contributed by atoms with Gasteiger partial charge in [-0.2, -0.15) is 4.57 Å². The van der Waals surface area contributed by atoms with E-state index < -0.39 is 0 Å². The lowest BCUT2D eigenvalue weighted by molar-refractivity contribution is -0.658. The summed E-state index contributed by atoms with van der Waals surface area (Å²) in [4.78, 5) is 9.69. The van der Waals surface area contributed by atoms with Crippen LogP contribution in [-0.4, -0.2) is 9.97 Å². The van der Waals surface area contributed by atoms with E-state index in [4.69, 9.17) is 9.97 Å². The molecule has 0 unspecified atom stereocenters. The van der Waals surface area contributed by atoms with Crippen LogP contribution in [-0.2, 0) is 7.05 Å². The molecule has 1 aliphatic rings. The molecule has 4 aromatic rings. The molecule has 0 radical (unpaired) electrons. The molecule has 0 atom stereocenters. The van der Waals surface area contributed by atoms with E-state index in [0.717, 1.165) is 11.4 Å². The van der Waals surface area contributed by atoms with E-state index in [2.05, 4.69) is 75.0 Å². The van der Waals surface area contributed by atoms with Crippen molar-refractivity contribution in [3.63, 3.8) is 0 Å². The Kier molecular flexibility index (Phi) is 5.05. The second-order valence-electron chi connectivity index (χ2n) is 9.12. The Balaban J connectivity index is 1.78. The standard InChI is InChI=1S/C28H30N3/c1-18-13-19(2)20(3)25(14-18)27-26(24-12-8-7-11-22(24)17-31(27)4)23-15-29-28(30-16-23)21-9-5-6-10-21/h7-8,11-17,21H,5-6,9-10H2,1-4H3/q+1. The van der Waals surface area contributed by atoms with Crippen molar-refractivity contribution in [3.8, 4) is 22.4 Å². The number of pyridine rings is 1. The zero-order valence-electron chi connectivity index (χ0n) is 18.9. The molecule has 0 N–H and O–H groups in total. The van der Waals surface area contributed by atoms with Crippen molar-refractivity contribution < 1.29 is 4.57 Å². The van der Waals surface area contributed by atoms with Crippen molar-refractivity contribution in [1.29, 1.82) is 0 Å². The minimum absolute atomic E-state index is 0.527. The van der Waals surface area contributed by atoms with Crippen LogP contribution in [0.25, 0.3) is 33.2 Å². The summed E-state index contributed by atoms with van der Waals surface area (Å²) in [5, 5.41) is 2.47. The molecular formula is C28H30N3+. The predicted molar refractivity (Wildman–Crippen MR) is 127 cm³/mol. The zero-order valence-corrected chi connectivity index (χ0v) is 18.9. The van der Waals surface area contributed by atoms with Crippen molar-refractivity contribution >= 4 is 10.8 Å². The first-order valence-corrected chi connectivity index (χ1v) is 11.3. The number of fused-ring (bicyclic) bond motifs is 1. The fourth-order valence-corrected chi connectivity index (χ4v) is 5.18. The summed E-state index contributed by atoms with van der Waals surface area (Å²) in [5.41, 5.74) is 8.73. The van der Waals surface area contributed by atoms with Crippen LogP contribution in [0.5, 0.6) is 0 Å². The van der Waals surface area contributed by atoms with E-state index in [1.54, 1.807) is 0 Å². The quantitative estimate of drug-likeness (QED) is 0.369. The molecule has 0 saturated heterocycles. The van der Waals surface area contributed by atoms with Crippen LogP contribution in [0, 0.1) is 20.8 Å². The zero-order chi connectivity index (χ0) is 21.5. The summed E-state index contributed by atoms with van der Waals surface area (Å²) in [6, 6.07) is 13.2. The van der Waals surface area contributed by atoms with Gasteiger partial charge in [-0.1, -0.05) is 42.7 Å². The first kappa shape index (κ1) is 19.9. The van der Waals surface area contributed by atoms with Crippen LogP contribution in [0.4, 0.5) is 0 Å². The lowest BCUT2D eigenvalue weighted by atomic mass is 9.90. The molecule has 5 rings (SSSR count). The summed E-state index contributed by atoms with van der Waals surface area (Å²) in [7, 11) is 2.15. The van der Waals surface area contributed by atoms with Crippen molar-refractivity contribution in [1.82, 2.24) is 9.97 Å². The summed E-state index contributed by atoms with van der Waals surface area (Å²) in [6.45, 7) is 6.60. The van der Waals surface area contributed by atoms with Gasteiger partial charge in [-0.25, -0.2) is 9.97 Å². The third-order valence-corrected chi connectivity index (χ3v) is 6.90. The molecule has 0 aliphatic heterocycles. The summed E-state index contributed by atoms with van der Waals surface area (Å²) in [6.07, 6.45) is 11.4. The highest BCUT2D eigenvalue weighted by Crippen LogP contribution is 2.38. The smallest absolute Gasteiger partial charge is 0.221 e. The molecule has 1 saturated carbocycles. The lowest BCUT2D eigenvalue weighted by Gasteiger charge is -2.15. The maximum atomic E-state index is 4.85. The Morgan fingerprint density at radius 1 is 0.935 bits per heavy atom. The van der Waals surface area contributed by atoms with Gasteiger partial charge in [0.15, 0.2) is 6.20 Å². The second-order valence-corrected chi connectivity index (χ2v) is 9.12. The summed E-state index contributed by atoms with van der Waals surface area (Å²) < 4.78 is 2.27. The van der Waals surface area contributed by atoms with E-state index in [1.807, 2.05) is 12.4 Å². The number of hydrogen-bond donors (Lipinski definition) is 0. The monoisotopic (exact) mass is 408 g/mol. The van der Waals surface area contributed by atoms with Gasteiger partial charge in [0.2, 0.25) is 5.69 Å². The van der Waals surface area contributed by atoms with Crippen LogP contribution in [0.15, 0.2) is 55.0 Å². The molecule has 2 heterocycles. The molecule has 3 heteroatoms. The molecule has 1 fully saturated rings. The van der Waals surface area contributed by atoms with Crippen LogP contribution in [0.3, 0.4) is 0 Å². The Bertz CT molecular complexity index is 1270. The molecule has 0 spiro atoms. The van der Waals surface area contributed by atoms with Gasteiger partial charge in [0.25, 0.3) is 0 Å². The van der Waals surface area contributed by atoms with Gasteiger partial charge in [0.1, 0.15) is 12.9 Å². The molecule has 0 amide bonds. The highest BCUT2D eigenvalue weighted by Gasteiger charge is 2.25. The van der Waals surface area contributed by atoms with Crippen molar-refractivity contribution in [3.05, 3.63) is 77.5 Å². The first-order chi connectivity index (χ1) is 15.0. The van der Waals surface area contributed by atoms with Gasteiger partial charge in [0.05, 0.1) is 11.1 Å². The van der Waals surface area contributed by atoms with Gasteiger partial charge in [-0.05, 0) is 56.9 Å². The highest BCUT2D eigenvalue weighted by molar-refractivity contribution is 6.01. The molecule has 1 aliphatic carbocycles. The Morgan fingerprint density at radius 2 is 1.65 bits per heavy atom. The SMILES string of the molecule is Cc1cc(C)c(C)c(-c2c(-c3cnc(C4CCCC4)nc3)c3ccccc3c[n+]2C)c1. The maximum absolute atomic E-state index is 4.85. The molecular weight excluding hydrogens is 378 g/mol. The van der Waals surface area contributed by atoms with E-state index in [9.17, 15) is 0 Å². The van der Waals surface area contributed by atoms with Crippen molar-refractivity contribution in [2.45, 2.75) is 52.4 Å². The van der Waals surface area contributed by atoms with Crippen LogP contribution in [0.1, 0.15) is 54.1 Å². The van der Waals surface area contributed by atoms with Crippen LogP contribution in [0.2, 0.25) is 0 Å². The van der Waals surface area contributed by atoms with Crippen LogP contribution < -0.4 is 4.57 Å². The second kappa shape index (κ2) is 7.88. The van der Waals surface area contributed by atoms with Gasteiger partial charge >= 0.3 is 0 Å². The molecule has 2 aromatic heterocycles. The summed E-state index contributed by atoms with van der Waals surface area (Å²) >= 11 is 0. The fraction of sp³-hybridized carbons (Fsp3) is 0.321. The molecule has 3 nitrogen and oxygen atoms in total. The van der Waals surface area contributed by atoms with Gasteiger partial charge in [0, 0.05) is 34.6 Å². The van der Waals surface area contributed by atoms with E-state index >= 15 is 0 Å². The number of nitrogens with zero attached hydrogens (tertiary/aromatic N) is 3. The number of hydrogen-bond acceptors (Lipinski definition) is 2. The minimum Gasteiger partial charge on any atom is -0.240 e. The van der Waals surface area contributed by atoms with Crippen LogP contribution >= 0.6 is 0 Å². The minimum atomic E-state index is 0.527. The number of benzene rings is 2. The topological polar surface area (TPSA) is 29.7 Å².